The van der Waals surface area contributed by atoms with Gasteiger partial charge in [-0.25, -0.2) is 0 Å². The highest BCUT2D eigenvalue weighted by Gasteiger charge is 2.05. The van der Waals surface area contributed by atoms with Crippen molar-refractivity contribution < 1.29 is 4.74 Å². The summed E-state index contributed by atoms with van der Waals surface area (Å²) in [6, 6.07) is 20.8. The lowest BCUT2D eigenvalue weighted by molar-refractivity contribution is 0.306. The SMILES string of the molecule is Clc1ccc(OCc2ccccc2)c(/C=N\NCc2c(Cl)cccc2Cl)c1. The molecule has 0 saturated carbocycles. The first-order valence-corrected chi connectivity index (χ1v) is 9.42. The lowest BCUT2D eigenvalue weighted by Gasteiger charge is -2.10. The van der Waals surface area contributed by atoms with Gasteiger partial charge in [0.25, 0.3) is 0 Å². The van der Waals surface area contributed by atoms with Crippen molar-refractivity contribution in [2.45, 2.75) is 13.2 Å². The second kappa shape index (κ2) is 9.65. The van der Waals surface area contributed by atoms with Crippen molar-refractivity contribution >= 4 is 41.0 Å². The van der Waals surface area contributed by atoms with E-state index in [1.807, 2.05) is 36.4 Å². The molecule has 0 fully saturated rings. The van der Waals surface area contributed by atoms with Crippen LogP contribution in [0, 0.1) is 0 Å². The van der Waals surface area contributed by atoms with Crippen LogP contribution >= 0.6 is 34.8 Å². The molecule has 3 aromatic rings. The molecule has 1 N–H and O–H groups in total. The number of nitrogens with zero attached hydrogens (tertiary/aromatic N) is 1. The fraction of sp³-hybridized carbons (Fsp3) is 0.0952. The van der Waals surface area contributed by atoms with Gasteiger partial charge in [-0.15, -0.1) is 0 Å². The third-order valence-electron chi connectivity index (χ3n) is 3.82. The minimum absolute atomic E-state index is 0.412. The van der Waals surface area contributed by atoms with E-state index in [4.69, 9.17) is 39.5 Å². The van der Waals surface area contributed by atoms with Crippen LogP contribution in [0.5, 0.6) is 5.75 Å². The molecule has 0 heterocycles. The van der Waals surface area contributed by atoms with E-state index in [2.05, 4.69) is 10.5 Å². The molecule has 0 unspecified atom stereocenters. The number of hydrogen-bond acceptors (Lipinski definition) is 3. The largest absolute Gasteiger partial charge is 0.488 e. The molecule has 0 aliphatic heterocycles. The van der Waals surface area contributed by atoms with E-state index in [1.54, 1.807) is 36.5 Å². The minimum atomic E-state index is 0.412. The van der Waals surface area contributed by atoms with Gasteiger partial charge in [0.1, 0.15) is 12.4 Å². The van der Waals surface area contributed by atoms with Gasteiger partial charge in [0.2, 0.25) is 0 Å². The summed E-state index contributed by atoms with van der Waals surface area (Å²) in [5, 5.41) is 6.05. The van der Waals surface area contributed by atoms with Crippen LogP contribution in [0.4, 0.5) is 0 Å². The van der Waals surface area contributed by atoms with Crippen molar-refractivity contribution in [3.8, 4) is 5.75 Å². The molecule has 0 spiro atoms. The Labute approximate surface area is 173 Å². The monoisotopic (exact) mass is 418 g/mol. The lowest BCUT2D eigenvalue weighted by atomic mass is 10.2. The van der Waals surface area contributed by atoms with E-state index in [0.717, 1.165) is 16.7 Å². The van der Waals surface area contributed by atoms with Gasteiger partial charge in [-0.1, -0.05) is 71.2 Å². The summed E-state index contributed by atoms with van der Waals surface area (Å²) in [6.07, 6.45) is 1.66. The average Bonchev–Trinajstić information content (AvgIpc) is 2.67. The van der Waals surface area contributed by atoms with Crippen molar-refractivity contribution in [1.29, 1.82) is 0 Å². The molecule has 3 aromatic carbocycles. The number of nitrogens with one attached hydrogen (secondary N) is 1. The first-order chi connectivity index (χ1) is 13.1. The third kappa shape index (κ3) is 5.64. The summed E-state index contributed by atoms with van der Waals surface area (Å²) in [4.78, 5) is 0. The van der Waals surface area contributed by atoms with E-state index < -0.39 is 0 Å². The summed E-state index contributed by atoms with van der Waals surface area (Å²) in [6.45, 7) is 0.877. The Bertz CT molecular complexity index is 910. The molecule has 27 heavy (non-hydrogen) atoms. The van der Waals surface area contributed by atoms with Gasteiger partial charge >= 0.3 is 0 Å². The molecule has 0 amide bonds. The van der Waals surface area contributed by atoms with E-state index in [-0.39, 0.29) is 0 Å². The van der Waals surface area contributed by atoms with Crippen LogP contribution in [0.25, 0.3) is 0 Å². The number of ether oxygens (including phenoxy) is 1. The first kappa shape index (κ1) is 19.6. The second-order valence-electron chi connectivity index (χ2n) is 5.75. The zero-order valence-corrected chi connectivity index (χ0v) is 16.6. The Kier molecular flexibility index (Phi) is 6.99. The summed E-state index contributed by atoms with van der Waals surface area (Å²) in [5.41, 5.74) is 5.61. The highest BCUT2D eigenvalue weighted by Crippen LogP contribution is 2.24. The molecule has 3 rings (SSSR count). The van der Waals surface area contributed by atoms with Crippen molar-refractivity contribution in [2.75, 3.05) is 0 Å². The molecule has 0 bridgehead atoms. The first-order valence-electron chi connectivity index (χ1n) is 8.28. The van der Waals surface area contributed by atoms with Crippen LogP contribution in [0.15, 0.2) is 71.8 Å². The predicted molar refractivity (Wildman–Crippen MR) is 113 cm³/mol. The molecule has 0 aromatic heterocycles. The Hall–Kier alpha value is -2.20. The van der Waals surface area contributed by atoms with Crippen molar-refractivity contribution in [1.82, 2.24) is 5.43 Å². The molecular weight excluding hydrogens is 403 g/mol. The number of benzene rings is 3. The number of hydrazone groups is 1. The Morgan fingerprint density at radius 1 is 0.889 bits per heavy atom. The standard InChI is InChI=1S/C21H17Cl3N2O/c22-17-9-10-21(27-14-15-5-2-1-3-6-15)16(11-17)12-25-26-13-18-19(23)7-4-8-20(18)24/h1-12,26H,13-14H2/b25-12-. The molecule has 3 nitrogen and oxygen atoms in total. The molecule has 6 heteroatoms. The Morgan fingerprint density at radius 2 is 1.63 bits per heavy atom. The topological polar surface area (TPSA) is 33.6 Å². The molecule has 138 valence electrons. The average molecular weight is 420 g/mol. The van der Waals surface area contributed by atoms with Crippen LogP contribution in [0.2, 0.25) is 15.1 Å². The van der Waals surface area contributed by atoms with E-state index >= 15 is 0 Å². The molecule has 0 radical (unpaired) electrons. The predicted octanol–water partition coefficient (Wildman–Crippen LogP) is 6.35. The van der Waals surface area contributed by atoms with Crippen LogP contribution in [-0.4, -0.2) is 6.21 Å². The highest BCUT2D eigenvalue weighted by atomic mass is 35.5. The molecule has 0 aliphatic carbocycles. The van der Waals surface area contributed by atoms with Crippen LogP contribution in [0.1, 0.15) is 16.7 Å². The second-order valence-corrected chi connectivity index (χ2v) is 7.00. The van der Waals surface area contributed by atoms with Gasteiger partial charge in [0.15, 0.2) is 0 Å². The van der Waals surface area contributed by atoms with E-state index in [1.165, 1.54) is 0 Å². The number of halogens is 3. The number of hydrogen-bond donors (Lipinski definition) is 1. The minimum Gasteiger partial charge on any atom is -0.488 e. The van der Waals surface area contributed by atoms with Gasteiger partial charge < -0.3 is 10.2 Å². The smallest absolute Gasteiger partial charge is 0.128 e. The van der Waals surface area contributed by atoms with Gasteiger partial charge in [-0.3, -0.25) is 0 Å². The molecule has 0 atom stereocenters. The van der Waals surface area contributed by atoms with Crippen molar-refractivity contribution in [2.24, 2.45) is 5.10 Å². The van der Waals surface area contributed by atoms with Crippen LogP contribution in [0.3, 0.4) is 0 Å². The maximum Gasteiger partial charge on any atom is 0.128 e. The van der Waals surface area contributed by atoms with E-state index in [0.29, 0.717) is 34.0 Å². The third-order valence-corrected chi connectivity index (χ3v) is 4.76. The molecule has 0 aliphatic rings. The summed E-state index contributed by atoms with van der Waals surface area (Å²) >= 11 is 18.4. The van der Waals surface area contributed by atoms with Gasteiger partial charge in [0.05, 0.1) is 12.8 Å². The number of rotatable bonds is 7. The molecule has 0 saturated heterocycles. The normalized spacial score (nSPS) is 10.9. The fourth-order valence-electron chi connectivity index (χ4n) is 2.43. The maximum absolute atomic E-state index is 6.16. The van der Waals surface area contributed by atoms with Gasteiger partial charge in [-0.2, -0.15) is 5.10 Å². The zero-order chi connectivity index (χ0) is 19.1. The Morgan fingerprint density at radius 3 is 2.37 bits per heavy atom. The van der Waals surface area contributed by atoms with Gasteiger partial charge in [-0.05, 0) is 35.9 Å². The summed E-state index contributed by atoms with van der Waals surface area (Å²) < 4.78 is 5.91. The van der Waals surface area contributed by atoms with Crippen molar-refractivity contribution in [3.63, 3.8) is 0 Å². The molecular formula is C21H17Cl3N2O. The van der Waals surface area contributed by atoms with Crippen LogP contribution < -0.4 is 10.2 Å². The highest BCUT2D eigenvalue weighted by molar-refractivity contribution is 6.36. The zero-order valence-electron chi connectivity index (χ0n) is 14.3. The quantitative estimate of drug-likeness (QED) is 0.357. The van der Waals surface area contributed by atoms with E-state index in [9.17, 15) is 0 Å². The lowest BCUT2D eigenvalue weighted by Crippen LogP contribution is -2.07. The van der Waals surface area contributed by atoms with Gasteiger partial charge in [0, 0.05) is 26.2 Å². The summed E-state index contributed by atoms with van der Waals surface area (Å²) in [7, 11) is 0. The fourth-order valence-corrected chi connectivity index (χ4v) is 3.14. The van der Waals surface area contributed by atoms with Crippen molar-refractivity contribution in [3.05, 3.63) is 98.5 Å². The Balaban J connectivity index is 1.66. The summed E-state index contributed by atoms with van der Waals surface area (Å²) in [5.74, 6) is 0.699. The van der Waals surface area contributed by atoms with Crippen LogP contribution in [-0.2, 0) is 13.2 Å². The maximum atomic E-state index is 6.16.